The van der Waals surface area contributed by atoms with Crippen LogP contribution in [0.1, 0.15) is 64.1 Å². The third-order valence-corrected chi connectivity index (χ3v) is 7.13. The first-order chi connectivity index (χ1) is 14.5. The Morgan fingerprint density at radius 3 is 2.40 bits per heavy atom. The fourth-order valence-electron chi connectivity index (χ4n) is 4.55. The minimum Gasteiger partial charge on any atom is -0.318 e. The van der Waals surface area contributed by atoms with Crippen molar-refractivity contribution in [2.24, 2.45) is 5.73 Å². The van der Waals surface area contributed by atoms with Crippen LogP contribution < -0.4 is 5.73 Å². The minimum absolute atomic E-state index is 0.145. The maximum Gasteiger partial charge on any atom is 0.234 e. The molecule has 2 N–H and O–H groups in total. The summed E-state index contributed by atoms with van der Waals surface area (Å²) in [6.07, 6.45) is 3.57. The van der Waals surface area contributed by atoms with Gasteiger partial charge in [-0.3, -0.25) is 9.69 Å². The van der Waals surface area contributed by atoms with Crippen molar-refractivity contribution in [3.63, 3.8) is 0 Å². The number of fused-ring (bicyclic) bond motifs is 4. The zero-order valence-corrected chi connectivity index (χ0v) is 18.5. The molecule has 0 radical (unpaired) electrons. The average molecular weight is 428 g/mol. The van der Waals surface area contributed by atoms with E-state index in [2.05, 4.69) is 17.0 Å². The Bertz CT molecular complexity index is 894. The number of likely N-dealkylation sites (tertiary alicyclic amines) is 1. The van der Waals surface area contributed by atoms with Crippen LogP contribution in [0, 0.1) is 5.82 Å². The molecule has 0 bridgehead atoms. The summed E-state index contributed by atoms with van der Waals surface area (Å²) in [5.74, 6) is 2.05. The van der Waals surface area contributed by atoms with Crippen LogP contribution in [-0.2, 0) is 0 Å². The number of benzene rings is 2. The molecule has 2 atom stereocenters. The lowest BCUT2D eigenvalue weighted by molar-refractivity contribution is 0.108. The summed E-state index contributed by atoms with van der Waals surface area (Å²) in [4.78, 5) is 14.0. The number of nitrogens with zero attached hydrogens (tertiary/aromatic N) is 2. The van der Waals surface area contributed by atoms with Crippen molar-refractivity contribution >= 4 is 17.1 Å². The summed E-state index contributed by atoms with van der Waals surface area (Å²) in [7, 11) is 3.78. The number of carbonyl (C=O) groups is 1. The number of hydrogen-bond acceptors (Lipinski definition) is 5. The van der Waals surface area contributed by atoms with Crippen molar-refractivity contribution in [2.45, 2.75) is 37.0 Å². The van der Waals surface area contributed by atoms with Crippen LogP contribution in [0.3, 0.4) is 0 Å². The SMILES string of the molecule is CN(C)SC(=O)c1ccc2c(c1)C1CC21.NCN1CCC(c2ccc(F)cc2)CC1. The van der Waals surface area contributed by atoms with Crippen molar-refractivity contribution in [1.29, 1.82) is 0 Å². The predicted octanol–water partition coefficient (Wildman–Crippen LogP) is 4.54. The summed E-state index contributed by atoms with van der Waals surface area (Å²) in [6.45, 7) is 2.76. The molecule has 2 aromatic rings. The molecule has 1 saturated carbocycles. The molecular formula is C24H30FN3OS. The summed E-state index contributed by atoms with van der Waals surface area (Å²) < 4.78 is 14.6. The van der Waals surface area contributed by atoms with Gasteiger partial charge in [0.15, 0.2) is 0 Å². The van der Waals surface area contributed by atoms with Crippen molar-refractivity contribution in [1.82, 2.24) is 9.21 Å². The highest BCUT2D eigenvalue weighted by molar-refractivity contribution is 8.12. The van der Waals surface area contributed by atoms with Crippen molar-refractivity contribution in [2.75, 3.05) is 33.9 Å². The lowest BCUT2D eigenvalue weighted by atomic mass is 9.87. The van der Waals surface area contributed by atoms with Crippen LogP contribution >= 0.6 is 11.9 Å². The van der Waals surface area contributed by atoms with E-state index >= 15 is 0 Å². The molecule has 0 amide bonds. The summed E-state index contributed by atoms with van der Waals surface area (Å²) >= 11 is 1.26. The van der Waals surface area contributed by atoms with Crippen LogP contribution in [0.15, 0.2) is 42.5 Å². The molecule has 2 unspecified atom stereocenters. The van der Waals surface area contributed by atoms with Gasteiger partial charge in [0.25, 0.3) is 0 Å². The number of piperidine rings is 1. The smallest absolute Gasteiger partial charge is 0.234 e. The van der Waals surface area contributed by atoms with Gasteiger partial charge in [0.2, 0.25) is 5.12 Å². The van der Waals surface area contributed by atoms with Gasteiger partial charge in [-0.15, -0.1) is 0 Å². The van der Waals surface area contributed by atoms with Crippen LogP contribution in [-0.4, -0.2) is 48.2 Å². The molecule has 30 heavy (non-hydrogen) atoms. The molecular weight excluding hydrogens is 397 g/mol. The van der Waals surface area contributed by atoms with Crippen LogP contribution in [0.5, 0.6) is 0 Å². The lowest BCUT2D eigenvalue weighted by Gasteiger charge is -2.30. The molecule has 6 heteroatoms. The van der Waals surface area contributed by atoms with E-state index in [0.717, 1.165) is 43.3 Å². The maximum atomic E-state index is 12.7. The van der Waals surface area contributed by atoms with Gasteiger partial charge >= 0.3 is 0 Å². The monoisotopic (exact) mass is 427 g/mol. The van der Waals surface area contributed by atoms with Crippen LogP contribution in [0.2, 0.25) is 0 Å². The maximum absolute atomic E-state index is 12.7. The summed E-state index contributed by atoms with van der Waals surface area (Å²) in [5, 5.41) is 0.145. The molecule has 4 nitrogen and oxygen atoms in total. The van der Waals surface area contributed by atoms with E-state index in [-0.39, 0.29) is 10.9 Å². The first-order valence-electron chi connectivity index (χ1n) is 10.7. The largest absolute Gasteiger partial charge is 0.318 e. The highest BCUT2D eigenvalue weighted by atomic mass is 32.2. The minimum atomic E-state index is -0.154. The normalized spacial score (nSPS) is 22.4. The van der Waals surface area contributed by atoms with Gasteiger partial charge < -0.3 is 5.73 Å². The van der Waals surface area contributed by atoms with E-state index in [9.17, 15) is 9.18 Å². The first kappa shape index (κ1) is 21.5. The highest BCUT2D eigenvalue weighted by Crippen LogP contribution is 2.65. The van der Waals surface area contributed by atoms with Gasteiger partial charge in [-0.2, -0.15) is 0 Å². The molecule has 2 aromatic carbocycles. The third-order valence-electron chi connectivity index (χ3n) is 6.36. The molecule has 0 aromatic heterocycles. The quantitative estimate of drug-likeness (QED) is 0.726. The second-order valence-electron chi connectivity index (χ2n) is 8.61. The van der Waals surface area contributed by atoms with Gasteiger partial charge in [-0.1, -0.05) is 24.3 Å². The van der Waals surface area contributed by atoms with E-state index in [4.69, 9.17) is 5.73 Å². The molecule has 5 rings (SSSR count). The number of hydrogen-bond donors (Lipinski definition) is 1. The van der Waals surface area contributed by atoms with Crippen molar-refractivity contribution < 1.29 is 9.18 Å². The third kappa shape index (κ3) is 4.78. The molecule has 3 aliphatic rings. The number of rotatable bonds is 4. The standard InChI is InChI=1S/C12H17FN2.C12H13NOS/c13-12-3-1-10(2-4-12)11-5-7-15(9-14)8-6-11;1-13(2)15-12(14)7-3-4-8-9(5-7)11-6-10(8)11/h1-4,11H,5-9,14H2;3-5,10-11H,6H2,1-2H3. The van der Waals surface area contributed by atoms with Gasteiger partial charge in [0.05, 0.1) is 0 Å². The Balaban J connectivity index is 0.000000145. The molecule has 1 heterocycles. The fourth-order valence-corrected chi connectivity index (χ4v) is 5.11. The second kappa shape index (κ2) is 9.18. The second-order valence-corrected chi connectivity index (χ2v) is 9.89. The zero-order chi connectivity index (χ0) is 21.3. The Labute approximate surface area is 182 Å². The molecule has 160 valence electrons. The average Bonchev–Trinajstić information content (AvgIpc) is 3.47. The number of carbonyl (C=O) groups excluding carboxylic acids is 1. The van der Waals surface area contributed by atoms with Crippen LogP contribution in [0.4, 0.5) is 4.39 Å². The fraction of sp³-hybridized carbons (Fsp3) is 0.458. The van der Waals surface area contributed by atoms with E-state index in [0.29, 0.717) is 12.6 Å². The molecule has 2 fully saturated rings. The zero-order valence-electron chi connectivity index (χ0n) is 17.7. The van der Waals surface area contributed by atoms with E-state index in [1.165, 1.54) is 35.1 Å². The predicted molar refractivity (Wildman–Crippen MR) is 121 cm³/mol. The number of nitrogens with two attached hydrogens (primary N) is 1. The van der Waals surface area contributed by atoms with Crippen LogP contribution in [0.25, 0.3) is 0 Å². The molecule has 2 aliphatic carbocycles. The topological polar surface area (TPSA) is 49.6 Å². The lowest BCUT2D eigenvalue weighted by Crippen LogP contribution is -2.36. The summed E-state index contributed by atoms with van der Waals surface area (Å²) in [5.41, 5.74) is 10.6. The summed E-state index contributed by atoms with van der Waals surface area (Å²) in [6, 6.07) is 13.1. The Kier molecular flexibility index (Phi) is 6.58. The molecule has 1 aliphatic heterocycles. The Hall–Kier alpha value is -1.73. The number of halogens is 1. The van der Waals surface area contributed by atoms with Crippen molar-refractivity contribution in [3.8, 4) is 0 Å². The van der Waals surface area contributed by atoms with E-state index in [1.807, 2.05) is 36.6 Å². The van der Waals surface area contributed by atoms with Gasteiger partial charge in [0, 0.05) is 24.2 Å². The van der Waals surface area contributed by atoms with Gasteiger partial charge in [-0.05, 0) is 99.1 Å². The van der Waals surface area contributed by atoms with Gasteiger partial charge in [-0.25, -0.2) is 8.70 Å². The molecule has 0 spiro atoms. The van der Waals surface area contributed by atoms with E-state index in [1.54, 1.807) is 12.1 Å². The van der Waals surface area contributed by atoms with E-state index < -0.39 is 0 Å². The molecule has 1 saturated heterocycles. The van der Waals surface area contributed by atoms with Crippen molar-refractivity contribution in [3.05, 3.63) is 70.5 Å². The Morgan fingerprint density at radius 1 is 1.10 bits per heavy atom. The highest BCUT2D eigenvalue weighted by Gasteiger charge is 2.50. The first-order valence-corrected chi connectivity index (χ1v) is 11.4. The Morgan fingerprint density at radius 2 is 1.77 bits per heavy atom. The van der Waals surface area contributed by atoms with Gasteiger partial charge in [0.1, 0.15) is 5.82 Å².